The number of benzene rings is 1. The Morgan fingerprint density at radius 1 is 1.07 bits per heavy atom. The first-order valence-electron chi connectivity index (χ1n) is 9.99. The molecule has 0 radical (unpaired) electrons. The molecule has 0 unspecified atom stereocenters. The summed E-state index contributed by atoms with van der Waals surface area (Å²) in [5.41, 5.74) is 0.456. The average Bonchev–Trinajstić information content (AvgIpc) is 3.38. The number of amides is 2. The molecule has 1 aromatic carbocycles. The fourth-order valence-electron chi connectivity index (χ4n) is 4.69. The number of nitrogens with zero attached hydrogens (tertiary/aromatic N) is 3. The van der Waals surface area contributed by atoms with Gasteiger partial charge in [0.15, 0.2) is 0 Å². The second kappa shape index (κ2) is 7.73. The fraction of sp³-hybridized carbons (Fsp3) is 0.600. The third kappa shape index (κ3) is 3.50. The minimum absolute atomic E-state index is 0.0161. The Bertz CT molecular complexity index is 768. The second-order valence-electron chi connectivity index (χ2n) is 7.86. The van der Waals surface area contributed by atoms with E-state index in [2.05, 4.69) is 4.90 Å². The van der Waals surface area contributed by atoms with E-state index in [-0.39, 0.29) is 22.4 Å². The summed E-state index contributed by atoms with van der Waals surface area (Å²) in [5.74, 6) is 1.38. The van der Waals surface area contributed by atoms with Crippen LogP contribution >= 0.6 is 11.8 Å². The lowest BCUT2D eigenvalue weighted by molar-refractivity contribution is -0.384. The summed E-state index contributed by atoms with van der Waals surface area (Å²) in [4.78, 5) is 39.9. The topological polar surface area (TPSA) is 83.8 Å². The number of carbonyl (C=O) groups excluding carboxylic acids is 2. The SMILES string of the molecule is O=C(c1ccc([N+](=O)[O-])cc1)N1CCC2(CC1)SCCN2C(=O)C1CCCC1. The highest BCUT2D eigenvalue weighted by Gasteiger charge is 2.48. The number of likely N-dealkylation sites (tertiary alicyclic amines) is 1. The molecule has 1 saturated carbocycles. The third-order valence-corrected chi connectivity index (χ3v) is 7.86. The molecule has 28 heavy (non-hydrogen) atoms. The molecule has 0 bridgehead atoms. The summed E-state index contributed by atoms with van der Waals surface area (Å²) in [6.07, 6.45) is 5.91. The number of rotatable bonds is 3. The van der Waals surface area contributed by atoms with E-state index in [1.54, 1.807) is 0 Å². The Morgan fingerprint density at radius 3 is 2.32 bits per heavy atom. The molecule has 150 valence electrons. The van der Waals surface area contributed by atoms with Crippen LogP contribution in [0.3, 0.4) is 0 Å². The molecule has 2 heterocycles. The Balaban J connectivity index is 1.41. The quantitative estimate of drug-likeness (QED) is 0.571. The van der Waals surface area contributed by atoms with Crippen LogP contribution in [0.4, 0.5) is 5.69 Å². The van der Waals surface area contributed by atoms with Gasteiger partial charge in [-0.05, 0) is 37.8 Å². The van der Waals surface area contributed by atoms with Gasteiger partial charge in [0.25, 0.3) is 11.6 Å². The van der Waals surface area contributed by atoms with Gasteiger partial charge in [0.05, 0.1) is 9.79 Å². The molecule has 0 atom stereocenters. The van der Waals surface area contributed by atoms with E-state index in [0.717, 1.165) is 50.8 Å². The van der Waals surface area contributed by atoms with Gasteiger partial charge in [-0.2, -0.15) is 0 Å². The van der Waals surface area contributed by atoms with Gasteiger partial charge < -0.3 is 9.80 Å². The standard InChI is InChI=1S/C20H25N3O4S/c24-18(16-5-7-17(8-6-16)23(26)27)21-11-9-20(10-12-21)22(13-14-28-20)19(25)15-3-1-2-4-15/h5-8,15H,1-4,9-14H2. The molecule has 7 nitrogen and oxygen atoms in total. The molecular weight excluding hydrogens is 378 g/mol. The zero-order chi connectivity index (χ0) is 19.7. The smallest absolute Gasteiger partial charge is 0.269 e. The van der Waals surface area contributed by atoms with Crippen LogP contribution in [0.2, 0.25) is 0 Å². The maximum Gasteiger partial charge on any atom is 0.269 e. The number of nitro benzene ring substituents is 1. The number of hydrogen-bond donors (Lipinski definition) is 0. The van der Waals surface area contributed by atoms with E-state index in [4.69, 9.17) is 0 Å². The second-order valence-corrected chi connectivity index (χ2v) is 9.32. The molecule has 4 rings (SSSR count). The van der Waals surface area contributed by atoms with E-state index in [9.17, 15) is 19.7 Å². The van der Waals surface area contributed by atoms with E-state index >= 15 is 0 Å². The average molecular weight is 404 g/mol. The lowest BCUT2D eigenvalue weighted by Gasteiger charge is -2.44. The Labute approximate surface area is 168 Å². The summed E-state index contributed by atoms with van der Waals surface area (Å²) in [6.45, 7) is 2.03. The molecule has 1 aromatic rings. The number of piperidine rings is 1. The Morgan fingerprint density at radius 2 is 1.71 bits per heavy atom. The molecular formula is C20H25N3O4S. The zero-order valence-electron chi connectivity index (χ0n) is 15.8. The van der Waals surface area contributed by atoms with Crippen LogP contribution in [0.25, 0.3) is 0 Å². The van der Waals surface area contributed by atoms with Crippen LogP contribution in [0.5, 0.6) is 0 Å². The van der Waals surface area contributed by atoms with Crippen LogP contribution in [0, 0.1) is 16.0 Å². The van der Waals surface area contributed by atoms with Gasteiger partial charge >= 0.3 is 0 Å². The van der Waals surface area contributed by atoms with E-state index in [0.29, 0.717) is 24.6 Å². The monoisotopic (exact) mass is 403 g/mol. The molecule has 0 N–H and O–H groups in total. The minimum Gasteiger partial charge on any atom is -0.338 e. The molecule has 0 aromatic heterocycles. The minimum atomic E-state index is -0.466. The van der Waals surface area contributed by atoms with Crippen LogP contribution in [-0.2, 0) is 4.79 Å². The molecule has 3 fully saturated rings. The van der Waals surface area contributed by atoms with E-state index in [1.807, 2.05) is 16.7 Å². The number of hydrogen-bond acceptors (Lipinski definition) is 5. The maximum absolute atomic E-state index is 13.0. The van der Waals surface area contributed by atoms with Crippen molar-refractivity contribution in [2.75, 3.05) is 25.4 Å². The van der Waals surface area contributed by atoms with Crippen LogP contribution in [-0.4, -0.2) is 56.8 Å². The van der Waals surface area contributed by atoms with Crippen molar-refractivity contribution >= 4 is 29.3 Å². The van der Waals surface area contributed by atoms with Crippen molar-refractivity contribution in [3.8, 4) is 0 Å². The molecule has 1 spiro atoms. The Hall–Kier alpha value is -2.09. The normalized spacial score (nSPS) is 22.0. The van der Waals surface area contributed by atoms with Crippen molar-refractivity contribution in [2.45, 2.75) is 43.4 Å². The molecule has 2 saturated heterocycles. The first-order chi connectivity index (χ1) is 13.5. The number of nitro groups is 1. The van der Waals surface area contributed by atoms with Gasteiger partial charge in [0.2, 0.25) is 5.91 Å². The summed E-state index contributed by atoms with van der Waals surface area (Å²) in [5, 5.41) is 10.8. The lowest BCUT2D eigenvalue weighted by atomic mass is 9.98. The highest BCUT2D eigenvalue weighted by atomic mass is 32.2. The highest BCUT2D eigenvalue weighted by Crippen LogP contribution is 2.45. The van der Waals surface area contributed by atoms with Crippen LogP contribution < -0.4 is 0 Å². The fourth-order valence-corrected chi connectivity index (χ4v) is 6.16. The molecule has 2 aliphatic heterocycles. The van der Waals surface area contributed by atoms with Crippen molar-refractivity contribution in [3.63, 3.8) is 0 Å². The van der Waals surface area contributed by atoms with Crippen molar-refractivity contribution in [3.05, 3.63) is 39.9 Å². The first kappa shape index (κ1) is 19.2. The summed E-state index contributed by atoms with van der Waals surface area (Å²) in [7, 11) is 0. The van der Waals surface area contributed by atoms with Gasteiger partial charge in [-0.25, -0.2) is 0 Å². The van der Waals surface area contributed by atoms with Gasteiger partial charge in [-0.1, -0.05) is 12.8 Å². The van der Waals surface area contributed by atoms with Gasteiger partial charge in [-0.3, -0.25) is 19.7 Å². The summed E-state index contributed by atoms with van der Waals surface area (Å²) in [6, 6.07) is 5.77. The highest BCUT2D eigenvalue weighted by molar-refractivity contribution is 8.00. The van der Waals surface area contributed by atoms with Gasteiger partial charge in [-0.15, -0.1) is 11.8 Å². The largest absolute Gasteiger partial charge is 0.338 e. The van der Waals surface area contributed by atoms with Crippen LogP contribution in [0.15, 0.2) is 24.3 Å². The summed E-state index contributed by atoms with van der Waals surface area (Å²) >= 11 is 1.87. The first-order valence-corrected chi connectivity index (χ1v) is 11.0. The lowest BCUT2D eigenvalue weighted by Crippen LogP contribution is -2.54. The van der Waals surface area contributed by atoms with Crippen LogP contribution in [0.1, 0.15) is 48.9 Å². The maximum atomic E-state index is 13.0. The van der Waals surface area contributed by atoms with Crippen molar-refractivity contribution < 1.29 is 14.5 Å². The third-order valence-electron chi connectivity index (χ3n) is 6.30. The number of non-ortho nitro benzene ring substituents is 1. The van der Waals surface area contributed by atoms with Gasteiger partial charge in [0.1, 0.15) is 0 Å². The molecule has 2 amide bonds. The predicted octanol–water partition coefficient (Wildman–Crippen LogP) is 3.29. The molecule has 3 aliphatic rings. The Kier molecular flexibility index (Phi) is 5.31. The predicted molar refractivity (Wildman–Crippen MR) is 107 cm³/mol. The van der Waals surface area contributed by atoms with E-state index in [1.165, 1.54) is 24.3 Å². The van der Waals surface area contributed by atoms with Crippen molar-refractivity contribution in [1.82, 2.24) is 9.80 Å². The van der Waals surface area contributed by atoms with Crippen molar-refractivity contribution in [1.29, 1.82) is 0 Å². The molecule has 1 aliphatic carbocycles. The van der Waals surface area contributed by atoms with Crippen molar-refractivity contribution in [2.24, 2.45) is 5.92 Å². The zero-order valence-corrected chi connectivity index (χ0v) is 16.7. The van der Waals surface area contributed by atoms with Gasteiger partial charge in [0, 0.05) is 49.0 Å². The van der Waals surface area contributed by atoms with E-state index < -0.39 is 4.92 Å². The number of thioether (sulfide) groups is 1. The summed E-state index contributed by atoms with van der Waals surface area (Å²) < 4.78 is 0. The molecule has 8 heteroatoms. The number of carbonyl (C=O) groups is 2.